The molecule has 8 nitrogen and oxygen atoms in total. The van der Waals surface area contributed by atoms with Crippen molar-refractivity contribution in [2.75, 3.05) is 36.8 Å². The maximum Gasteiger partial charge on any atom is 0.242 e. The van der Waals surface area contributed by atoms with Crippen LogP contribution in [-0.2, 0) is 26.0 Å². The Hall–Kier alpha value is -3.07. The molecule has 0 fully saturated rings. The monoisotopic (exact) mass is 545 g/mol. The molecule has 1 N–H and O–H groups in total. The quantitative estimate of drug-likeness (QED) is 0.297. The molecular formula is C29H43N3O5S. The van der Waals surface area contributed by atoms with Crippen LogP contribution in [0.1, 0.15) is 58.4 Å². The third-order valence-electron chi connectivity index (χ3n) is 6.29. The summed E-state index contributed by atoms with van der Waals surface area (Å²) < 4.78 is 31.8. The first-order valence-corrected chi connectivity index (χ1v) is 15.4. The Morgan fingerprint density at radius 1 is 0.947 bits per heavy atom. The predicted molar refractivity (Wildman–Crippen MR) is 153 cm³/mol. The minimum atomic E-state index is -3.55. The molecule has 0 aliphatic heterocycles. The van der Waals surface area contributed by atoms with Gasteiger partial charge in [0.15, 0.2) is 0 Å². The van der Waals surface area contributed by atoms with Crippen molar-refractivity contribution in [3.63, 3.8) is 0 Å². The molecule has 2 rings (SSSR count). The molecule has 38 heavy (non-hydrogen) atoms. The van der Waals surface area contributed by atoms with Gasteiger partial charge in [-0.1, -0.05) is 50.6 Å². The first kappa shape index (κ1) is 31.1. The lowest BCUT2D eigenvalue weighted by Gasteiger charge is -2.31. The summed E-state index contributed by atoms with van der Waals surface area (Å²) >= 11 is 0. The van der Waals surface area contributed by atoms with Gasteiger partial charge in [0.05, 0.1) is 18.6 Å². The number of carbonyl (C=O) groups excluding carboxylic acids is 2. The molecular weight excluding hydrogens is 502 g/mol. The third-order valence-corrected chi connectivity index (χ3v) is 7.48. The number of amides is 2. The minimum Gasteiger partial charge on any atom is -0.494 e. The number of carbonyl (C=O) groups is 2. The third kappa shape index (κ3) is 10.0. The number of hydrogen-bond donors (Lipinski definition) is 1. The van der Waals surface area contributed by atoms with Crippen LogP contribution >= 0.6 is 0 Å². The minimum absolute atomic E-state index is 0.135. The van der Waals surface area contributed by atoms with Crippen LogP contribution in [0, 0.1) is 0 Å². The number of unbranched alkanes of at least 4 members (excludes halogenated alkanes) is 1. The van der Waals surface area contributed by atoms with E-state index in [1.54, 1.807) is 29.2 Å². The van der Waals surface area contributed by atoms with E-state index in [0.29, 0.717) is 50.4 Å². The Labute approximate surface area is 228 Å². The van der Waals surface area contributed by atoms with E-state index in [2.05, 4.69) is 12.2 Å². The second kappa shape index (κ2) is 16.0. The van der Waals surface area contributed by atoms with Crippen molar-refractivity contribution < 1.29 is 22.7 Å². The lowest BCUT2D eigenvalue weighted by molar-refractivity contribution is -0.140. The molecule has 0 bridgehead atoms. The van der Waals surface area contributed by atoms with E-state index >= 15 is 0 Å². The zero-order valence-corrected chi connectivity index (χ0v) is 24.0. The van der Waals surface area contributed by atoms with Crippen molar-refractivity contribution in [1.82, 2.24) is 10.2 Å². The molecule has 0 radical (unpaired) electrons. The van der Waals surface area contributed by atoms with E-state index in [9.17, 15) is 18.0 Å². The maximum atomic E-state index is 13.4. The molecule has 0 aliphatic carbocycles. The first-order valence-electron chi connectivity index (χ1n) is 13.5. The number of sulfonamides is 1. The van der Waals surface area contributed by atoms with Crippen molar-refractivity contribution in [2.45, 2.75) is 65.3 Å². The summed E-state index contributed by atoms with van der Waals surface area (Å²) in [6.45, 7) is 7.53. The van der Waals surface area contributed by atoms with E-state index in [0.717, 1.165) is 24.7 Å². The highest BCUT2D eigenvalue weighted by Crippen LogP contribution is 2.22. The number of benzene rings is 2. The fraction of sp³-hybridized carbons (Fsp3) is 0.517. The van der Waals surface area contributed by atoms with Gasteiger partial charge in [0, 0.05) is 26.1 Å². The summed E-state index contributed by atoms with van der Waals surface area (Å²) in [6.07, 6.45) is 4.61. The van der Waals surface area contributed by atoms with E-state index in [-0.39, 0.29) is 24.8 Å². The summed E-state index contributed by atoms with van der Waals surface area (Å²) in [7, 11) is -3.55. The maximum absolute atomic E-state index is 13.4. The second-order valence-electron chi connectivity index (χ2n) is 9.26. The zero-order valence-electron chi connectivity index (χ0n) is 23.2. The summed E-state index contributed by atoms with van der Waals surface area (Å²) in [5, 5.41) is 2.97. The smallest absolute Gasteiger partial charge is 0.242 e. The molecule has 0 saturated carbocycles. The molecule has 0 spiro atoms. The standard InChI is InChI=1S/C29H43N3O5S/c1-5-8-21-30-29(34)27(6-2)31(23-20-24-13-10-9-11-14-24)28(33)15-12-22-32(38(4,35)36)25-16-18-26(19-17-25)37-7-3/h9-11,13-14,16-19,27H,5-8,12,15,20-23H2,1-4H3,(H,30,34)/t27-/m1/s1. The summed E-state index contributed by atoms with van der Waals surface area (Å²) in [5.74, 6) is 0.366. The van der Waals surface area contributed by atoms with Crippen molar-refractivity contribution in [3.05, 3.63) is 60.2 Å². The molecule has 0 heterocycles. The zero-order chi connectivity index (χ0) is 28.0. The molecule has 2 amide bonds. The van der Waals surface area contributed by atoms with Crippen LogP contribution in [0.5, 0.6) is 5.75 Å². The van der Waals surface area contributed by atoms with E-state index < -0.39 is 16.1 Å². The van der Waals surface area contributed by atoms with Gasteiger partial charge >= 0.3 is 0 Å². The van der Waals surface area contributed by atoms with E-state index in [4.69, 9.17) is 4.74 Å². The SMILES string of the molecule is CCCCNC(=O)[C@@H](CC)N(CCc1ccccc1)C(=O)CCCN(c1ccc(OCC)cc1)S(C)(=O)=O. The predicted octanol–water partition coefficient (Wildman–Crippen LogP) is 4.40. The van der Waals surface area contributed by atoms with Gasteiger partial charge in [0.2, 0.25) is 21.8 Å². The normalized spacial score (nSPS) is 12.0. The van der Waals surface area contributed by atoms with Gasteiger partial charge < -0.3 is 15.0 Å². The van der Waals surface area contributed by atoms with Gasteiger partial charge in [-0.25, -0.2) is 8.42 Å². The van der Waals surface area contributed by atoms with E-state index in [1.165, 1.54) is 4.31 Å². The van der Waals surface area contributed by atoms with Gasteiger partial charge in [-0.05, 0) is 62.4 Å². The van der Waals surface area contributed by atoms with E-state index in [1.807, 2.05) is 44.2 Å². The molecule has 0 saturated heterocycles. The highest BCUT2D eigenvalue weighted by molar-refractivity contribution is 7.92. The molecule has 0 unspecified atom stereocenters. The number of nitrogens with zero attached hydrogens (tertiary/aromatic N) is 2. The van der Waals surface area contributed by atoms with Crippen molar-refractivity contribution >= 4 is 27.5 Å². The number of rotatable bonds is 17. The fourth-order valence-electron chi connectivity index (χ4n) is 4.28. The number of ether oxygens (including phenoxy) is 1. The van der Waals surface area contributed by atoms with Crippen LogP contribution in [0.25, 0.3) is 0 Å². The van der Waals surface area contributed by atoms with Crippen LogP contribution in [0.15, 0.2) is 54.6 Å². The molecule has 210 valence electrons. The van der Waals surface area contributed by atoms with Crippen molar-refractivity contribution in [2.24, 2.45) is 0 Å². The highest BCUT2D eigenvalue weighted by atomic mass is 32.2. The Balaban J connectivity index is 2.13. The summed E-state index contributed by atoms with van der Waals surface area (Å²) in [6, 6.07) is 16.2. The largest absolute Gasteiger partial charge is 0.494 e. The van der Waals surface area contributed by atoms with Crippen molar-refractivity contribution in [3.8, 4) is 5.75 Å². The lowest BCUT2D eigenvalue weighted by atomic mass is 10.1. The molecule has 9 heteroatoms. The van der Waals surface area contributed by atoms with Gasteiger partial charge in [0.1, 0.15) is 11.8 Å². The average molecular weight is 546 g/mol. The molecule has 2 aromatic carbocycles. The van der Waals surface area contributed by atoms with Gasteiger partial charge in [-0.3, -0.25) is 13.9 Å². The number of anilines is 1. The number of hydrogen-bond acceptors (Lipinski definition) is 5. The summed E-state index contributed by atoms with van der Waals surface area (Å²) in [4.78, 5) is 28.1. The van der Waals surface area contributed by atoms with Crippen LogP contribution < -0.4 is 14.4 Å². The summed E-state index contributed by atoms with van der Waals surface area (Å²) in [5.41, 5.74) is 1.61. The molecule has 0 aliphatic rings. The fourth-order valence-corrected chi connectivity index (χ4v) is 5.25. The Bertz CT molecular complexity index is 1090. The Morgan fingerprint density at radius 3 is 2.21 bits per heavy atom. The van der Waals surface area contributed by atoms with Crippen LogP contribution in [-0.4, -0.2) is 63.7 Å². The van der Waals surface area contributed by atoms with Gasteiger partial charge in [-0.2, -0.15) is 0 Å². The molecule has 2 aromatic rings. The average Bonchev–Trinajstić information content (AvgIpc) is 2.89. The van der Waals surface area contributed by atoms with Crippen LogP contribution in [0.4, 0.5) is 5.69 Å². The Kier molecular flexibility index (Phi) is 13.1. The topological polar surface area (TPSA) is 96.0 Å². The van der Waals surface area contributed by atoms with Gasteiger partial charge in [-0.15, -0.1) is 0 Å². The Morgan fingerprint density at radius 2 is 1.63 bits per heavy atom. The lowest BCUT2D eigenvalue weighted by Crippen LogP contribution is -2.50. The van der Waals surface area contributed by atoms with Crippen molar-refractivity contribution in [1.29, 1.82) is 0 Å². The number of nitrogens with one attached hydrogen (secondary N) is 1. The van der Waals surface area contributed by atoms with Gasteiger partial charge in [0.25, 0.3) is 0 Å². The van der Waals surface area contributed by atoms with Crippen LogP contribution in [0.3, 0.4) is 0 Å². The molecule has 0 aromatic heterocycles. The second-order valence-corrected chi connectivity index (χ2v) is 11.2. The first-order chi connectivity index (χ1) is 18.2. The molecule has 1 atom stereocenters. The van der Waals surface area contributed by atoms with Crippen LogP contribution in [0.2, 0.25) is 0 Å². The highest BCUT2D eigenvalue weighted by Gasteiger charge is 2.28.